The van der Waals surface area contributed by atoms with Gasteiger partial charge in [-0.05, 0) is 53.1 Å². The summed E-state index contributed by atoms with van der Waals surface area (Å²) in [5.41, 5.74) is 1.29. The molecule has 0 saturated heterocycles. The predicted octanol–water partition coefficient (Wildman–Crippen LogP) is 3.24. The Bertz CT molecular complexity index is 535. The van der Waals surface area contributed by atoms with Gasteiger partial charge in [-0.2, -0.15) is 0 Å². The van der Waals surface area contributed by atoms with Crippen LogP contribution in [0.5, 0.6) is 0 Å². The lowest BCUT2D eigenvalue weighted by atomic mass is 9.75. The number of likely N-dealkylation sites (N-methyl/N-ethyl adjacent to an activating group) is 2. The van der Waals surface area contributed by atoms with Gasteiger partial charge in [-0.25, -0.2) is 9.97 Å². The van der Waals surface area contributed by atoms with Crippen molar-refractivity contribution >= 4 is 17.4 Å². The van der Waals surface area contributed by atoms with E-state index in [1.165, 1.54) is 32.1 Å². The molecular weight excluding hydrogens is 284 g/mol. The summed E-state index contributed by atoms with van der Waals surface area (Å²) in [5.74, 6) is 2.46. The third-order valence-electron chi connectivity index (χ3n) is 5.15. The second-order valence-electron chi connectivity index (χ2n) is 6.92. The summed E-state index contributed by atoms with van der Waals surface area (Å²) in [7, 11) is 6.50. The van der Waals surface area contributed by atoms with Crippen LogP contribution in [-0.2, 0) is 0 Å². The summed E-state index contributed by atoms with van der Waals surface area (Å²) in [4.78, 5) is 13.9. The Kier molecular flexibility index (Phi) is 3.87. The summed E-state index contributed by atoms with van der Waals surface area (Å²) in [5, 5.41) is 0.612. The van der Waals surface area contributed by atoms with Gasteiger partial charge < -0.3 is 9.80 Å². The number of halogens is 1. The zero-order valence-corrected chi connectivity index (χ0v) is 14.2. The van der Waals surface area contributed by atoms with E-state index in [9.17, 15) is 0 Å². The molecule has 2 aliphatic carbocycles. The van der Waals surface area contributed by atoms with Crippen molar-refractivity contribution in [1.29, 1.82) is 0 Å². The van der Waals surface area contributed by atoms with E-state index in [1.807, 2.05) is 6.92 Å². The molecule has 0 amide bonds. The van der Waals surface area contributed by atoms with Crippen molar-refractivity contribution in [3.05, 3.63) is 16.5 Å². The average molecular weight is 309 g/mol. The van der Waals surface area contributed by atoms with Gasteiger partial charge in [-0.1, -0.05) is 11.6 Å². The molecule has 4 nitrogen and oxygen atoms in total. The molecule has 0 spiro atoms. The maximum Gasteiger partial charge on any atom is 0.137 e. The van der Waals surface area contributed by atoms with Crippen molar-refractivity contribution in [2.45, 2.75) is 50.5 Å². The van der Waals surface area contributed by atoms with Crippen LogP contribution in [0.2, 0.25) is 5.15 Å². The minimum atomic E-state index is 0.290. The first kappa shape index (κ1) is 15.0. The van der Waals surface area contributed by atoms with E-state index in [4.69, 9.17) is 16.6 Å². The molecule has 3 rings (SSSR count). The number of anilines is 1. The fourth-order valence-electron chi connectivity index (χ4n) is 3.24. The molecule has 0 aromatic carbocycles. The Labute approximate surface area is 132 Å². The molecule has 0 radical (unpaired) electrons. The SMILES string of the molecule is Cc1c(Cl)nc(C2CC2)nc1N(C)CC1(N(C)C)CCC1. The second-order valence-corrected chi connectivity index (χ2v) is 7.28. The maximum absolute atomic E-state index is 6.33. The van der Waals surface area contributed by atoms with Gasteiger partial charge in [-0.3, -0.25) is 0 Å². The van der Waals surface area contributed by atoms with Crippen LogP contribution in [0.15, 0.2) is 0 Å². The lowest BCUT2D eigenvalue weighted by Crippen LogP contribution is -2.57. The quantitative estimate of drug-likeness (QED) is 0.782. The molecule has 1 heterocycles. The van der Waals surface area contributed by atoms with Crippen LogP contribution in [0.3, 0.4) is 0 Å². The molecule has 0 unspecified atom stereocenters. The fourth-order valence-corrected chi connectivity index (χ4v) is 3.41. The lowest BCUT2D eigenvalue weighted by molar-refractivity contribution is 0.0681. The number of rotatable bonds is 5. The third kappa shape index (κ3) is 2.76. The molecule has 0 N–H and O–H groups in total. The Balaban J connectivity index is 1.85. The first-order valence-electron chi connectivity index (χ1n) is 7.85. The molecule has 1 aromatic rings. The summed E-state index contributed by atoms with van der Waals surface area (Å²) >= 11 is 6.33. The Morgan fingerprint density at radius 2 is 1.86 bits per heavy atom. The van der Waals surface area contributed by atoms with Crippen LogP contribution in [0, 0.1) is 6.92 Å². The molecule has 21 heavy (non-hydrogen) atoms. The van der Waals surface area contributed by atoms with Crippen LogP contribution >= 0.6 is 11.6 Å². The van der Waals surface area contributed by atoms with E-state index in [0.717, 1.165) is 23.8 Å². The number of hydrogen-bond acceptors (Lipinski definition) is 4. The van der Waals surface area contributed by atoms with Crippen molar-refractivity contribution in [3.8, 4) is 0 Å². The predicted molar refractivity (Wildman–Crippen MR) is 87.3 cm³/mol. The highest BCUT2D eigenvalue weighted by atomic mass is 35.5. The van der Waals surface area contributed by atoms with E-state index in [2.05, 4.69) is 35.9 Å². The smallest absolute Gasteiger partial charge is 0.137 e. The van der Waals surface area contributed by atoms with Gasteiger partial charge >= 0.3 is 0 Å². The van der Waals surface area contributed by atoms with Gasteiger partial charge in [0.05, 0.1) is 0 Å². The molecule has 0 atom stereocenters. The van der Waals surface area contributed by atoms with Crippen LogP contribution < -0.4 is 4.90 Å². The topological polar surface area (TPSA) is 32.3 Å². The molecule has 1 aromatic heterocycles. The summed E-state index contributed by atoms with van der Waals surface area (Å²) in [6.07, 6.45) is 6.24. The first-order chi connectivity index (χ1) is 9.93. The standard InChI is InChI=1S/C16H25ClN4/c1-11-13(17)18-14(12-6-7-12)19-15(11)21(4)10-16(20(2)3)8-5-9-16/h12H,5-10H2,1-4H3. The number of hydrogen-bond donors (Lipinski definition) is 0. The summed E-state index contributed by atoms with van der Waals surface area (Å²) < 4.78 is 0. The minimum Gasteiger partial charge on any atom is -0.357 e. The number of nitrogens with zero attached hydrogens (tertiary/aromatic N) is 4. The monoisotopic (exact) mass is 308 g/mol. The molecule has 0 bridgehead atoms. The minimum absolute atomic E-state index is 0.290. The molecule has 2 fully saturated rings. The first-order valence-corrected chi connectivity index (χ1v) is 8.23. The lowest BCUT2D eigenvalue weighted by Gasteiger charge is -2.49. The van der Waals surface area contributed by atoms with Crippen molar-refractivity contribution in [2.24, 2.45) is 0 Å². The van der Waals surface area contributed by atoms with Crippen molar-refractivity contribution in [2.75, 3.05) is 32.6 Å². The third-order valence-corrected chi connectivity index (χ3v) is 5.51. The molecule has 0 aliphatic heterocycles. The average Bonchev–Trinajstić information content (AvgIpc) is 3.20. The van der Waals surface area contributed by atoms with Crippen molar-refractivity contribution in [1.82, 2.24) is 14.9 Å². The van der Waals surface area contributed by atoms with E-state index >= 15 is 0 Å². The molecule has 2 aliphatic rings. The maximum atomic E-state index is 6.33. The molecule has 2 saturated carbocycles. The van der Waals surface area contributed by atoms with Gasteiger partial charge in [0.1, 0.15) is 16.8 Å². The largest absolute Gasteiger partial charge is 0.357 e. The van der Waals surface area contributed by atoms with Crippen LogP contribution in [-0.4, -0.2) is 48.1 Å². The van der Waals surface area contributed by atoms with Crippen LogP contribution in [0.25, 0.3) is 0 Å². The summed E-state index contributed by atoms with van der Waals surface area (Å²) in [6.45, 7) is 3.02. The zero-order chi connectivity index (χ0) is 15.2. The second kappa shape index (κ2) is 5.40. The normalized spacial score (nSPS) is 20.5. The highest BCUT2D eigenvalue weighted by Gasteiger charge is 2.40. The number of aromatic nitrogens is 2. The Morgan fingerprint density at radius 3 is 2.33 bits per heavy atom. The molecule has 116 valence electrons. The van der Waals surface area contributed by atoms with Gasteiger partial charge in [-0.15, -0.1) is 0 Å². The fraction of sp³-hybridized carbons (Fsp3) is 0.750. The van der Waals surface area contributed by atoms with E-state index in [0.29, 0.717) is 16.6 Å². The van der Waals surface area contributed by atoms with Gasteiger partial charge in [0, 0.05) is 30.6 Å². The molecular formula is C16H25ClN4. The van der Waals surface area contributed by atoms with Gasteiger partial charge in [0.25, 0.3) is 0 Å². The van der Waals surface area contributed by atoms with E-state index < -0.39 is 0 Å². The molecule has 5 heteroatoms. The van der Waals surface area contributed by atoms with Crippen LogP contribution in [0.1, 0.15) is 49.4 Å². The van der Waals surface area contributed by atoms with Crippen molar-refractivity contribution in [3.63, 3.8) is 0 Å². The Hall–Kier alpha value is -0.870. The van der Waals surface area contributed by atoms with Gasteiger partial charge in [0.15, 0.2) is 0 Å². The van der Waals surface area contributed by atoms with Gasteiger partial charge in [0.2, 0.25) is 0 Å². The van der Waals surface area contributed by atoms with E-state index in [1.54, 1.807) is 0 Å². The highest BCUT2D eigenvalue weighted by Crippen LogP contribution is 2.41. The van der Waals surface area contributed by atoms with Crippen molar-refractivity contribution < 1.29 is 0 Å². The highest BCUT2D eigenvalue weighted by molar-refractivity contribution is 6.30. The van der Waals surface area contributed by atoms with Crippen LogP contribution in [0.4, 0.5) is 5.82 Å². The van der Waals surface area contributed by atoms with E-state index in [-0.39, 0.29) is 0 Å². The summed E-state index contributed by atoms with van der Waals surface area (Å²) in [6, 6.07) is 0. The zero-order valence-electron chi connectivity index (χ0n) is 13.5. The Morgan fingerprint density at radius 1 is 1.19 bits per heavy atom.